The summed E-state index contributed by atoms with van der Waals surface area (Å²) in [7, 11) is 1.79. The van der Waals surface area contributed by atoms with Gasteiger partial charge in [0.2, 0.25) is 11.8 Å². The van der Waals surface area contributed by atoms with Crippen LogP contribution in [-0.4, -0.2) is 45.5 Å². The monoisotopic (exact) mass is 356 g/mol. The molecule has 0 saturated carbocycles. The molecule has 1 heterocycles. The molecule has 0 bridgehead atoms. The second-order valence-electron chi connectivity index (χ2n) is 6.94. The number of aromatic nitrogens is 2. The Morgan fingerprint density at radius 2 is 2.04 bits per heavy atom. The van der Waals surface area contributed by atoms with Gasteiger partial charge in [0.1, 0.15) is 5.82 Å². The first-order valence-electron chi connectivity index (χ1n) is 8.37. The Kier molecular flexibility index (Phi) is 7.73. The SMILES string of the molecule is CCCCN(CC(=O)Nc1cc(C(C)(C)C)nn1C)C(=O)CCCl. The van der Waals surface area contributed by atoms with Gasteiger partial charge >= 0.3 is 0 Å². The topological polar surface area (TPSA) is 67.2 Å². The average molecular weight is 357 g/mol. The summed E-state index contributed by atoms with van der Waals surface area (Å²) in [6.45, 7) is 8.85. The Bertz CT molecular complexity index is 563. The highest BCUT2D eigenvalue weighted by atomic mass is 35.5. The molecule has 6 nitrogen and oxygen atoms in total. The Hall–Kier alpha value is -1.56. The van der Waals surface area contributed by atoms with Crippen molar-refractivity contribution >= 4 is 29.2 Å². The van der Waals surface area contributed by atoms with E-state index >= 15 is 0 Å². The van der Waals surface area contributed by atoms with Crippen LogP contribution >= 0.6 is 11.6 Å². The van der Waals surface area contributed by atoms with Crippen LogP contribution in [-0.2, 0) is 22.1 Å². The highest BCUT2D eigenvalue weighted by Gasteiger charge is 2.21. The van der Waals surface area contributed by atoms with E-state index in [0.717, 1.165) is 18.5 Å². The van der Waals surface area contributed by atoms with Crippen LogP contribution in [0.5, 0.6) is 0 Å². The van der Waals surface area contributed by atoms with Gasteiger partial charge in [-0.3, -0.25) is 14.3 Å². The first-order valence-corrected chi connectivity index (χ1v) is 8.90. The minimum Gasteiger partial charge on any atom is -0.333 e. The molecule has 1 rings (SSSR count). The van der Waals surface area contributed by atoms with E-state index in [-0.39, 0.29) is 36.1 Å². The zero-order chi connectivity index (χ0) is 18.3. The highest BCUT2D eigenvalue weighted by Crippen LogP contribution is 2.23. The van der Waals surface area contributed by atoms with Gasteiger partial charge in [0.25, 0.3) is 0 Å². The zero-order valence-electron chi connectivity index (χ0n) is 15.4. The molecule has 0 aliphatic rings. The third kappa shape index (κ3) is 6.15. The van der Waals surface area contributed by atoms with Crippen LogP contribution in [0.1, 0.15) is 52.7 Å². The molecule has 136 valence electrons. The number of amides is 2. The third-order valence-corrected chi connectivity index (χ3v) is 3.88. The summed E-state index contributed by atoms with van der Waals surface area (Å²) in [5.74, 6) is 0.580. The van der Waals surface area contributed by atoms with Crippen molar-refractivity contribution in [2.24, 2.45) is 7.05 Å². The van der Waals surface area contributed by atoms with Gasteiger partial charge in [0, 0.05) is 37.4 Å². The molecule has 0 atom stereocenters. The van der Waals surface area contributed by atoms with E-state index in [9.17, 15) is 9.59 Å². The molecule has 1 aromatic rings. The first kappa shape index (κ1) is 20.5. The zero-order valence-corrected chi connectivity index (χ0v) is 16.1. The van der Waals surface area contributed by atoms with Crippen molar-refractivity contribution in [1.29, 1.82) is 0 Å². The molecule has 0 saturated heterocycles. The van der Waals surface area contributed by atoms with E-state index in [2.05, 4.69) is 31.2 Å². The Morgan fingerprint density at radius 1 is 1.38 bits per heavy atom. The summed E-state index contributed by atoms with van der Waals surface area (Å²) < 4.78 is 1.65. The summed E-state index contributed by atoms with van der Waals surface area (Å²) >= 11 is 5.65. The van der Waals surface area contributed by atoms with Crippen molar-refractivity contribution in [3.63, 3.8) is 0 Å². The minimum atomic E-state index is -0.225. The average Bonchev–Trinajstić information content (AvgIpc) is 2.85. The highest BCUT2D eigenvalue weighted by molar-refractivity contribution is 6.19. The molecule has 0 aliphatic heterocycles. The molecule has 0 unspecified atom stereocenters. The molecule has 0 spiro atoms. The van der Waals surface area contributed by atoms with E-state index in [0.29, 0.717) is 12.4 Å². The maximum atomic E-state index is 12.3. The van der Waals surface area contributed by atoms with Gasteiger partial charge in [0.15, 0.2) is 0 Å². The fourth-order valence-corrected chi connectivity index (χ4v) is 2.35. The van der Waals surface area contributed by atoms with Crippen LogP contribution in [0, 0.1) is 0 Å². The predicted octanol–water partition coefficient (Wildman–Crippen LogP) is 2.91. The van der Waals surface area contributed by atoms with Crippen LogP contribution in [0.2, 0.25) is 0 Å². The fourth-order valence-electron chi connectivity index (χ4n) is 2.19. The molecule has 7 heteroatoms. The van der Waals surface area contributed by atoms with Crippen LogP contribution in [0.4, 0.5) is 5.82 Å². The predicted molar refractivity (Wildman–Crippen MR) is 97.4 cm³/mol. The second kappa shape index (κ2) is 9.06. The number of alkyl halides is 1. The van der Waals surface area contributed by atoms with Crippen molar-refractivity contribution in [2.75, 3.05) is 24.3 Å². The smallest absolute Gasteiger partial charge is 0.245 e. The number of halogens is 1. The molecule has 1 aromatic heterocycles. The lowest BCUT2D eigenvalue weighted by atomic mass is 9.92. The van der Waals surface area contributed by atoms with Gasteiger partial charge in [-0.05, 0) is 6.42 Å². The van der Waals surface area contributed by atoms with E-state index < -0.39 is 0 Å². The first-order chi connectivity index (χ1) is 11.2. The second-order valence-corrected chi connectivity index (χ2v) is 7.32. The summed E-state index contributed by atoms with van der Waals surface area (Å²) in [5, 5.41) is 7.27. The summed E-state index contributed by atoms with van der Waals surface area (Å²) in [6.07, 6.45) is 2.07. The molecule has 0 fully saturated rings. The lowest BCUT2D eigenvalue weighted by Gasteiger charge is -2.21. The Morgan fingerprint density at radius 3 is 2.54 bits per heavy atom. The van der Waals surface area contributed by atoms with E-state index in [4.69, 9.17) is 11.6 Å². The lowest BCUT2D eigenvalue weighted by Crippen LogP contribution is -2.39. The van der Waals surface area contributed by atoms with Crippen molar-refractivity contribution in [3.05, 3.63) is 11.8 Å². The molecule has 1 N–H and O–H groups in total. The molecule has 0 radical (unpaired) electrons. The number of rotatable bonds is 8. The number of nitrogens with zero attached hydrogens (tertiary/aromatic N) is 3. The van der Waals surface area contributed by atoms with Gasteiger partial charge in [-0.2, -0.15) is 5.10 Å². The van der Waals surface area contributed by atoms with Gasteiger partial charge < -0.3 is 10.2 Å². The number of carbonyl (C=O) groups excluding carboxylic acids is 2. The van der Waals surface area contributed by atoms with Crippen LogP contribution in [0.15, 0.2) is 6.07 Å². The number of hydrogen-bond donors (Lipinski definition) is 1. The summed E-state index contributed by atoms with van der Waals surface area (Å²) in [5.41, 5.74) is 0.811. The summed E-state index contributed by atoms with van der Waals surface area (Å²) in [6, 6.07) is 1.87. The van der Waals surface area contributed by atoms with Crippen molar-refractivity contribution < 1.29 is 9.59 Å². The molecular formula is C17H29ClN4O2. The van der Waals surface area contributed by atoms with E-state index in [1.165, 1.54) is 0 Å². The van der Waals surface area contributed by atoms with Crippen LogP contribution < -0.4 is 5.32 Å². The van der Waals surface area contributed by atoms with Gasteiger partial charge in [-0.1, -0.05) is 34.1 Å². The Balaban J connectivity index is 2.75. The lowest BCUT2D eigenvalue weighted by molar-refractivity contribution is -0.134. The number of aryl methyl sites for hydroxylation is 1. The molecule has 0 aliphatic carbocycles. The fraction of sp³-hybridized carbons (Fsp3) is 0.706. The molecule has 2 amide bonds. The third-order valence-electron chi connectivity index (χ3n) is 3.69. The number of hydrogen-bond acceptors (Lipinski definition) is 3. The Labute approximate surface area is 149 Å². The van der Waals surface area contributed by atoms with Crippen LogP contribution in [0.3, 0.4) is 0 Å². The molecular weight excluding hydrogens is 328 g/mol. The van der Waals surface area contributed by atoms with Crippen LogP contribution in [0.25, 0.3) is 0 Å². The number of anilines is 1. The normalized spacial score (nSPS) is 11.4. The van der Waals surface area contributed by atoms with E-state index in [1.54, 1.807) is 16.6 Å². The van der Waals surface area contributed by atoms with Gasteiger partial charge in [-0.25, -0.2) is 0 Å². The molecule has 24 heavy (non-hydrogen) atoms. The maximum absolute atomic E-state index is 12.3. The number of carbonyl (C=O) groups is 2. The number of nitrogens with one attached hydrogen (secondary N) is 1. The van der Waals surface area contributed by atoms with E-state index in [1.807, 2.05) is 13.0 Å². The quantitative estimate of drug-likeness (QED) is 0.728. The van der Waals surface area contributed by atoms with Gasteiger partial charge in [0.05, 0.1) is 12.2 Å². The maximum Gasteiger partial charge on any atom is 0.245 e. The van der Waals surface area contributed by atoms with Gasteiger partial charge in [-0.15, -0.1) is 11.6 Å². The van der Waals surface area contributed by atoms with Crippen molar-refractivity contribution in [3.8, 4) is 0 Å². The number of unbranched alkanes of at least 4 members (excludes halogenated alkanes) is 1. The summed E-state index contributed by atoms with van der Waals surface area (Å²) in [4.78, 5) is 26.0. The van der Waals surface area contributed by atoms with Crippen molar-refractivity contribution in [1.82, 2.24) is 14.7 Å². The minimum absolute atomic E-state index is 0.0335. The standard InChI is InChI=1S/C17H29ClN4O2/c1-6-7-10-22(16(24)8-9-18)12-15(23)19-14-11-13(17(2,3)4)20-21(14)5/h11H,6-10,12H2,1-5H3,(H,19,23). The van der Waals surface area contributed by atoms with Crippen molar-refractivity contribution in [2.45, 2.75) is 52.4 Å². The largest absolute Gasteiger partial charge is 0.333 e. The molecule has 0 aromatic carbocycles.